The molecule has 1 aromatic heterocycles. The van der Waals surface area contributed by atoms with E-state index in [-0.39, 0.29) is 24.0 Å². The summed E-state index contributed by atoms with van der Waals surface area (Å²) in [5.41, 5.74) is 0. The molecule has 1 aromatic rings. The first-order valence-electron chi connectivity index (χ1n) is 7.09. The van der Waals surface area contributed by atoms with Crippen molar-refractivity contribution < 1.29 is 32.9 Å². The number of halogens is 1. The highest BCUT2D eigenvalue weighted by Crippen LogP contribution is 2.36. The largest absolute Gasteiger partial charge is 1.00 e. The maximum atomic E-state index is 5.46. The standard InChI is InChI=1S/C15H24NO.HI/c1-16(9-8-15-3-2-10-17-15)11-13-4-5-14(12-16)7-6-13;/h2-3,10,13-14H,4-9,11-12H2,1H3;1H/q+1;/p-1. The summed E-state index contributed by atoms with van der Waals surface area (Å²) in [7, 11) is 2.46. The predicted octanol–water partition coefficient (Wildman–Crippen LogP) is 0.0927. The van der Waals surface area contributed by atoms with Crippen molar-refractivity contribution in [3.8, 4) is 0 Å². The van der Waals surface area contributed by atoms with E-state index in [1.807, 2.05) is 6.07 Å². The molecule has 0 radical (unpaired) electrons. The Morgan fingerprint density at radius 2 is 1.78 bits per heavy atom. The second-order valence-corrected chi connectivity index (χ2v) is 6.42. The molecule has 4 rings (SSSR count). The van der Waals surface area contributed by atoms with E-state index in [0.29, 0.717) is 0 Å². The summed E-state index contributed by atoms with van der Waals surface area (Å²) in [6, 6.07) is 4.11. The summed E-state index contributed by atoms with van der Waals surface area (Å²) in [6.45, 7) is 4.05. The third-order valence-electron chi connectivity index (χ3n) is 4.84. The van der Waals surface area contributed by atoms with Gasteiger partial charge in [-0.15, -0.1) is 0 Å². The maximum absolute atomic E-state index is 5.46. The number of furan rings is 1. The van der Waals surface area contributed by atoms with Gasteiger partial charge in [0, 0.05) is 11.8 Å². The Balaban J connectivity index is 0.00000120. The minimum Gasteiger partial charge on any atom is -1.00 e. The van der Waals surface area contributed by atoms with Gasteiger partial charge in [-0.3, -0.25) is 0 Å². The minimum atomic E-state index is 0. The fraction of sp³-hybridized carbons (Fsp3) is 0.733. The molecule has 2 nitrogen and oxygen atoms in total. The van der Waals surface area contributed by atoms with Crippen molar-refractivity contribution in [1.29, 1.82) is 0 Å². The fourth-order valence-electron chi connectivity index (χ4n) is 3.94. The molecule has 0 atom stereocenters. The summed E-state index contributed by atoms with van der Waals surface area (Å²) < 4.78 is 6.73. The quantitative estimate of drug-likeness (QED) is 0.550. The highest BCUT2D eigenvalue weighted by Gasteiger charge is 2.37. The SMILES string of the molecule is C[N+]1(CCc2ccco2)CC2CCC(CC2)C1.[I-]. The molecular weight excluding hydrogens is 337 g/mol. The molecular formula is C15H24INO. The van der Waals surface area contributed by atoms with Crippen LogP contribution in [0, 0.1) is 11.8 Å². The molecule has 2 aliphatic heterocycles. The summed E-state index contributed by atoms with van der Waals surface area (Å²) in [5.74, 6) is 3.15. The molecule has 1 saturated carbocycles. The van der Waals surface area contributed by atoms with Gasteiger partial charge in [-0.2, -0.15) is 0 Å². The van der Waals surface area contributed by atoms with E-state index in [1.54, 1.807) is 6.26 Å². The summed E-state index contributed by atoms with van der Waals surface area (Å²) in [6.07, 6.45) is 8.83. The van der Waals surface area contributed by atoms with Crippen LogP contribution in [0.25, 0.3) is 0 Å². The first kappa shape index (κ1) is 14.4. The highest BCUT2D eigenvalue weighted by molar-refractivity contribution is 4.98. The molecule has 0 amide bonds. The molecule has 18 heavy (non-hydrogen) atoms. The van der Waals surface area contributed by atoms with Crippen LogP contribution in [-0.4, -0.2) is 31.2 Å². The van der Waals surface area contributed by atoms with Crippen molar-refractivity contribution in [2.45, 2.75) is 32.1 Å². The molecule has 3 aliphatic rings. The summed E-state index contributed by atoms with van der Waals surface area (Å²) in [4.78, 5) is 0. The van der Waals surface area contributed by atoms with Crippen LogP contribution in [0.15, 0.2) is 22.8 Å². The molecule has 3 heterocycles. The third kappa shape index (κ3) is 3.29. The lowest BCUT2D eigenvalue weighted by Crippen LogP contribution is -3.00. The normalized spacial score (nSPS) is 34.9. The van der Waals surface area contributed by atoms with Crippen LogP contribution in [-0.2, 0) is 6.42 Å². The Labute approximate surface area is 127 Å². The van der Waals surface area contributed by atoms with Crippen LogP contribution in [0.4, 0.5) is 0 Å². The first-order valence-corrected chi connectivity index (χ1v) is 7.09. The van der Waals surface area contributed by atoms with Gasteiger partial charge in [0.05, 0.1) is 39.4 Å². The number of nitrogens with zero attached hydrogens (tertiary/aromatic N) is 1. The highest BCUT2D eigenvalue weighted by atomic mass is 127. The molecule has 0 unspecified atom stereocenters. The monoisotopic (exact) mass is 361 g/mol. The van der Waals surface area contributed by atoms with Gasteiger partial charge in [0.2, 0.25) is 0 Å². The number of hydrogen-bond donors (Lipinski definition) is 0. The van der Waals surface area contributed by atoms with E-state index in [0.717, 1.165) is 24.0 Å². The lowest BCUT2D eigenvalue weighted by Gasteiger charge is -2.35. The molecule has 1 aliphatic carbocycles. The molecule has 0 N–H and O–H groups in total. The summed E-state index contributed by atoms with van der Waals surface area (Å²) >= 11 is 0. The Kier molecular flexibility index (Phi) is 4.75. The van der Waals surface area contributed by atoms with E-state index in [2.05, 4.69) is 13.1 Å². The van der Waals surface area contributed by atoms with E-state index < -0.39 is 0 Å². The van der Waals surface area contributed by atoms with Gasteiger partial charge in [-0.1, -0.05) is 0 Å². The number of hydrogen-bond acceptors (Lipinski definition) is 1. The molecule has 3 fully saturated rings. The first-order chi connectivity index (χ1) is 8.23. The zero-order valence-electron chi connectivity index (χ0n) is 11.3. The smallest absolute Gasteiger partial charge is 0.109 e. The topological polar surface area (TPSA) is 13.1 Å². The van der Waals surface area contributed by atoms with Gasteiger partial charge in [0.25, 0.3) is 0 Å². The Morgan fingerprint density at radius 3 is 2.28 bits per heavy atom. The molecule has 2 saturated heterocycles. The third-order valence-corrected chi connectivity index (χ3v) is 4.84. The van der Waals surface area contributed by atoms with E-state index in [4.69, 9.17) is 4.42 Å². The van der Waals surface area contributed by atoms with Crippen LogP contribution in [0.1, 0.15) is 31.4 Å². The number of rotatable bonds is 3. The van der Waals surface area contributed by atoms with Crippen LogP contribution < -0.4 is 24.0 Å². The maximum Gasteiger partial charge on any atom is 0.109 e. The second kappa shape index (κ2) is 5.95. The van der Waals surface area contributed by atoms with Gasteiger partial charge in [-0.25, -0.2) is 0 Å². The second-order valence-electron chi connectivity index (χ2n) is 6.42. The Hall–Kier alpha value is -0.0300. The average molecular weight is 361 g/mol. The molecule has 2 bridgehead atoms. The van der Waals surface area contributed by atoms with Gasteiger partial charge in [0.1, 0.15) is 5.76 Å². The van der Waals surface area contributed by atoms with Gasteiger partial charge < -0.3 is 32.9 Å². The van der Waals surface area contributed by atoms with Crippen LogP contribution in [0.3, 0.4) is 0 Å². The number of quaternary nitrogens is 1. The van der Waals surface area contributed by atoms with E-state index in [9.17, 15) is 0 Å². The van der Waals surface area contributed by atoms with E-state index in [1.165, 1.54) is 49.8 Å². The van der Waals surface area contributed by atoms with Crippen LogP contribution in [0.2, 0.25) is 0 Å². The van der Waals surface area contributed by atoms with Gasteiger partial charge in [0.15, 0.2) is 0 Å². The molecule has 102 valence electrons. The molecule has 0 aromatic carbocycles. The average Bonchev–Trinajstić information content (AvgIpc) is 2.72. The summed E-state index contributed by atoms with van der Waals surface area (Å²) in [5, 5.41) is 0. The van der Waals surface area contributed by atoms with Crippen molar-refractivity contribution in [2.75, 3.05) is 26.7 Å². The fourth-order valence-corrected chi connectivity index (χ4v) is 3.94. The molecule has 3 heteroatoms. The van der Waals surface area contributed by atoms with Crippen molar-refractivity contribution in [1.82, 2.24) is 0 Å². The van der Waals surface area contributed by atoms with Gasteiger partial charge >= 0.3 is 0 Å². The lowest BCUT2D eigenvalue weighted by molar-refractivity contribution is -0.912. The lowest BCUT2D eigenvalue weighted by atomic mass is 9.84. The zero-order chi connectivity index (χ0) is 11.7. The number of likely N-dealkylation sites (N-methyl/N-ethyl adjacent to an activating group) is 1. The van der Waals surface area contributed by atoms with Crippen LogP contribution in [0.5, 0.6) is 0 Å². The Morgan fingerprint density at radius 1 is 1.17 bits per heavy atom. The Bertz CT molecular complexity index is 341. The minimum absolute atomic E-state index is 0. The van der Waals surface area contributed by atoms with Crippen LogP contribution >= 0.6 is 0 Å². The van der Waals surface area contributed by atoms with Gasteiger partial charge in [-0.05, 0) is 37.8 Å². The van der Waals surface area contributed by atoms with Crippen molar-refractivity contribution in [2.24, 2.45) is 11.8 Å². The number of fused-ring (bicyclic) bond motifs is 4. The van der Waals surface area contributed by atoms with Crippen molar-refractivity contribution in [3.63, 3.8) is 0 Å². The van der Waals surface area contributed by atoms with Crippen molar-refractivity contribution in [3.05, 3.63) is 24.2 Å². The zero-order valence-corrected chi connectivity index (χ0v) is 13.4. The van der Waals surface area contributed by atoms with E-state index >= 15 is 0 Å². The predicted molar refractivity (Wildman–Crippen MR) is 68.6 cm³/mol. The molecule has 0 spiro atoms. The van der Waals surface area contributed by atoms with Crippen molar-refractivity contribution >= 4 is 0 Å².